The Kier molecular flexibility index (Phi) is 4.97. The van der Waals surface area contributed by atoms with Crippen LogP contribution in [0.15, 0.2) is 52.0 Å². The minimum atomic E-state index is -3.63. The van der Waals surface area contributed by atoms with Gasteiger partial charge in [0.05, 0.1) is 28.2 Å². The molecule has 0 spiro atoms. The van der Waals surface area contributed by atoms with E-state index in [0.29, 0.717) is 15.9 Å². The Morgan fingerprint density at radius 2 is 2.05 bits per heavy atom. The van der Waals surface area contributed by atoms with Gasteiger partial charge in [-0.25, -0.2) is 13.1 Å². The van der Waals surface area contributed by atoms with Crippen molar-refractivity contribution in [3.05, 3.63) is 52.8 Å². The van der Waals surface area contributed by atoms with Crippen LogP contribution in [0.25, 0.3) is 0 Å². The van der Waals surface area contributed by atoms with Crippen LogP contribution >= 0.6 is 15.9 Å². The minimum Gasteiger partial charge on any atom is -0.496 e. The molecule has 1 aromatic carbocycles. The van der Waals surface area contributed by atoms with Crippen LogP contribution in [-0.4, -0.2) is 20.5 Å². The SMILES string of the molecule is COc1ccc(S(=O)(=O)NC(C)c2ccccn2)cc1Br. The fourth-order valence-electron chi connectivity index (χ4n) is 1.81. The molecule has 1 unspecified atom stereocenters. The molecule has 1 aromatic heterocycles. The molecule has 1 N–H and O–H groups in total. The highest BCUT2D eigenvalue weighted by Crippen LogP contribution is 2.27. The summed E-state index contributed by atoms with van der Waals surface area (Å²) >= 11 is 3.28. The van der Waals surface area contributed by atoms with Gasteiger partial charge in [0.1, 0.15) is 5.75 Å². The van der Waals surface area contributed by atoms with Gasteiger partial charge < -0.3 is 4.74 Å². The Hall–Kier alpha value is -1.44. The summed E-state index contributed by atoms with van der Waals surface area (Å²) in [5, 5.41) is 0. The fourth-order valence-corrected chi connectivity index (χ4v) is 3.74. The lowest BCUT2D eigenvalue weighted by atomic mass is 10.2. The van der Waals surface area contributed by atoms with E-state index in [9.17, 15) is 8.42 Å². The molecule has 0 aliphatic rings. The van der Waals surface area contributed by atoms with E-state index in [-0.39, 0.29) is 4.90 Å². The van der Waals surface area contributed by atoms with E-state index in [1.807, 2.05) is 6.07 Å². The molecule has 0 saturated heterocycles. The van der Waals surface area contributed by atoms with Crippen molar-refractivity contribution < 1.29 is 13.2 Å². The highest BCUT2D eigenvalue weighted by atomic mass is 79.9. The molecular weight excluding hydrogens is 356 g/mol. The lowest BCUT2D eigenvalue weighted by molar-refractivity contribution is 0.411. The largest absolute Gasteiger partial charge is 0.496 e. The standard InChI is InChI=1S/C14H15BrN2O3S/c1-10(13-5-3-4-8-16-13)17-21(18,19)11-6-7-14(20-2)12(15)9-11/h3-10,17H,1-2H3. The van der Waals surface area contributed by atoms with Gasteiger partial charge in [0.2, 0.25) is 10.0 Å². The van der Waals surface area contributed by atoms with Gasteiger partial charge in [0, 0.05) is 6.20 Å². The minimum absolute atomic E-state index is 0.165. The highest BCUT2D eigenvalue weighted by molar-refractivity contribution is 9.10. The van der Waals surface area contributed by atoms with Gasteiger partial charge in [-0.05, 0) is 53.2 Å². The Morgan fingerprint density at radius 1 is 1.29 bits per heavy atom. The summed E-state index contributed by atoms with van der Waals surface area (Å²) in [4.78, 5) is 4.31. The zero-order valence-corrected chi connectivity index (χ0v) is 14.0. The number of hydrogen-bond acceptors (Lipinski definition) is 4. The van der Waals surface area contributed by atoms with Gasteiger partial charge in [-0.1, -0.05) is 6.07 Å². The molecule has 1 atom stereocenters. The van der Waals surface area contributed by atoms with Gasteiger partial charge in [-0.2, -0.15) is 0 Å². The van der Waals surface area contributed by atoms with Crippen molar-refractivity contribution >= 4 is 26.0 Å². The number of nitrogens with one attached hydrogen (secondary N) is 1. The third-order valence-corrected chi connectivity index (χ3v) is 5.06. The maximum absolute atomic E-state index is 12.4. The smallest absolute Gasteiger partial charge is 0.241 e. The molecule has 2 rings (SSSR count). The van der Waals surface area contributed by atoms with Crippen LogP contribution in [0.4, 0.5) is 0 Å². The normalized spacial score (nSPS) is 12.9. The van der Waals surface area contributed by atoms with Gasteiger partial charge in [0.25, 0.3) is 0 Å². The van der Waals surface area contributed by atoms with Gasteiger partial charge in [-0.15, -0.1) is 0 Å². The first kappa shape index (κ1) is 15.9. The van der Waals surface area contributed by atoms with Gasteiger partial charge >= 0.3 is 0 Å². The van der Waals surface area contributed by atoms with Gasteiger partial charge in [0.15, 0.2) is 0 Å². The zero-order chi connectivity index (χ0) is 15.5. The van der Waals surface area contributed by atoms with E-state index in [0.717, 1.165) is 0 Å². The first-order valence-electron chi connectivity index (χ1n) is 6.21. The van der Waals surface area contributed by atoms with Crippen LogP contribution in [0.2, 0.25) is 0 Å². The summed E-state index contributed by atoms with van der Waals surface area (Å²) in [7, 11) is -2.11. The maximum atomic E-state index is 12.4. The highest BCUT2D eigenvalue weighted by Gasteiger charge is 2.20. The predicted molar refractivity (Wildman–Crippen MR) is 83.7 cm³/mol. The number of hydrogen-bond donors (Lipinski definition) is 1. The van der Waals surface area contributed by atoms with Crippen molar-refractivity contribution in [3.63, 3.8) is 0 Å². The molecule has 2 aromatic rings. The monoisotopic (exact) mass is 370 g/mol. The van der Waals surface area contributed by atoms with E-state index < -0.39 is 16.1 Å². The molecule has 0 radical (unpaired) electrons. The molecule has 7 heteroatoms. The molecule has 0 aliphatic carbocycles. The molecule has 0 saturated carbocycles. The molecule has 0 amide bonds. The molecule has 21 heavy (non-hydrogen) atoms. The van der Waals surface area contributed by atoms with Crippen molar-refractivity contribution in [1.29, 1.82) is 0 Å². The Bertz CT molecular complexity index is 720. The molecule has 112 valence electrons. The Balaban J connectivity index is 2.24. The van der Waals surface area contributed by atoms with Gasteiger partial charge in [-0.3, -0.25) is 4.98 Å². The Morgan fingerprint density at radius 3 is 2.62 bits per heavy atom. The second-order valence-electron chi connectivity index (χ2n) is 4.39. The number of methoxy groups -OCH3 is 1. The number of pyridine rings is 1. The summed E-state index contributed by atoms with van der Waals surface area (Å²) in [5.41, 5.74) is 0.661. The maximum Gasteiger partial charge on any atom is 0.241 e. The molecule has 1 heterocycles. The van der Waals surface area contributed by atoms with Crippen molar-refractivity contribution in [2.45, 2.75) is 17.9 Å². The fraction of sp³-hybridized carbons (Fsp3) is 0.214. The first-order valence-corrected chi connectivity index (χ1v) is 8.48. The van der Waals surface area contributed by atoms with E-state index >= 15 is 0 Å². The number of halogens is 1. The number of aromatic nitrogens is 1. The number of sulfonamides is 1. The Labute approximate surface area is 132 Å². The van der Waals surface area contributed by atoms with Crippen LogP contribution in [0.5, 0.6) is 5.75 Å². The van der Waals surface area contributed by atoms with Crippen LogP contribution in [-0.2, 0) is 10.0 Å². The van der Waals surface area contributed by atoms with E-state index in [2.05, 4.69) is 25.6 Å². The summed E-state index contributed by atoms with van der Waals surface area (Å²) < 4.78 is 33.0. The van der Waals surface area contributed by atoms with E-state index in [1.54, 1.807) is 31.3 Å². The molecular formula is C14H15BrN2O3S. The van der Waals surface area contributed by atoms with Crippen molar-refractivity contribution in [3.8, 4) is 5.75 Å². The molecule has 5 nitrogen and oxygen atoms in total. The zero-order valence-electron chi connectivity index (χ0n) is 11.6. The van der Waals surface area contributed by atoms with E-state index in [4.69, 9.17) is 4.74 Å². The van der Waals surface area contributed by atoms with Crippen LogP contribution in [0.1, 0.15) is 18.7 Å². The molecule has 0 aliphatic heterocycles. The van der Waals surface area contributed by atoms with Crippen LogP contribution < -0.4 is 9.46 Å². The number of nitrogens with zero attached hydrogens (tertiary/aromatic N) is 1. The van der Waals surface area contributed by atoms with Crippen LogP contribution in [0.3, 0.4) is 0 Å². The number of ether oxygens (including phenoxy) is 1. The van der Waals surface area contributed by atoms with E-state index in [1.165, 1.54) is 19.2 Å². The van der Waals surface area contributed by atoms with Crippen molar-refractivity contribution in [1.82, 2.24) is 9.71 Å². The summed E-state index contributed by atoms with van der Waals surface area (Å²) in [5.74, 6) is 0.576. The topological polar surface area (TPSA) is 68.3 Å². The second-order valence-corrected chi connectivity index (χ2v) is 6.96. The summed E-state index contributed by atoms with van der Waals surface area (Å²) in [6, 6.07) is 9.56. The third-order valence-electron chi connectivity index (χ3n) is 2.90. The van der Waals surface area contributed by atoms with Crippen molar-refractivity contribution in [2.24, 2.45) is 0 Å². The molecule has 0 bridgehead atoms. The number of benzene rings is 1. The lowest BCUT2D eigenvalue weighted by Gasteiger charge is -2.14. The summed E-state index contributed by atoms with van der Waals surface area (Å²) in [6.45, 7) is 1.75. The van der Waals surface area contributed by atoms with Crippen LogP contribution in [0, 0.1) is 0 Å². The predicted octanol–water partition coefficient (Wildman–Crippen LogP) is 2.89. The average molecular weight is 371 g/mol. The quantitative estimate of drug-likeness (QED) is 0.878. The van der Waals surface area contributed by atoms with Crippen molar-refractivity contribution in [2.75, 3.05) is 7.11 Å². The third kappa shape index (κ3) is 3.81. The molecule has 0 fully saturated rings. The lowest BCUT2D eigenvalue weighted by Crippen LogP contribution is -2.27. The second kappa shape index (κ2) is 6.55. The summed E-state index contributed by atoms with van der Waals surface area (Å²) in [6.07, 6.45) is 1.63. The average Bonchev–Trinajstić information content (AvgIpc) is 2.47. The first-order chi connectivity index (χ1) is 9.94. The number of rotatable bonds is 5.